The molecule has 1 heterocycles. The first-order chi connectivity index (χ1) is 14.4. The van der Waals surface area contributed by atoms with Gasteiger partial charge in [-0.3, -0.25) is 9.59 Å². The lowest BCUT2D eigenvalue weighted by atomic mass is 9.75. The van der Waals surface area contributed by atoms with E-state index in [0.717, 1.165) is 12.1 Å². The highest BCUT2D eigenvalue weighted by Gasteiger charge is 2.39. The molecule has 30 heavy (non-hydrogen) atoms. The fraction of sp³-hybridized carbons (Fsp3) is 0.217. The molecule has 0 aromatic heterocycles. The smallest absolute Gasteiger partial charge is 0.254 e. The standard InChI is InChI=1S/C23H19Cl2FN2O2/c1-12-20(23(30)28-17-6-3-2-5-16(17)26)21(14-10-9-13(24)11-15(14)25)22-18(27-12)7-4-8-19(22)29/h2-3,5-6,9-11,21,27H,4,7-8H2,1H3,(H,28,30)/t21-/m1/s1. The third-order valence-electron chi connectivity index (χ3n) is 5.42. The molecular formula is C23H19Cl2FN2O2. The maximum atomic E-state index is 14.1. The van der Waals surface area contributed by atoms with Gasteiger partial charge in [0.05, 0.1) is 5.69 Å². The lowest BCUT2D eigenvalue weighted by molar-refractivity contribution is -0.116. The number of allylic oxidation sites excluding steroid dienone is 3. The van der Waals surface area contributed by atoms with Crippen LogP contribution in [-0.4, -0.2) is 11.7 Å². The average Bonchev–Trinajstić information content (AvgIpc) is 2.69. The monoisotopic (exact) mass is 444 g/mol. The molecule has 0 bridgehead atoms. The summed E-state index contributed by atoms with van der Waals surface area (Å²) in [6.45, 7) is 1.77. The van der Waals surface area contributed by atoms with Crippen LogP contribution in [0.4, 0.5) is 10.1 Å². The molecule has 0 unspecified atom stereocenters. The number of anilines is 1. The largest absolute Gasteiger partial charge is 0.362 e. The van der Waals surface area contributed by atoms with Crippen molar-refractivity contribution in [3.05, 3.63) is 86.4 Å². The number of nitrogens with one attached hydrogen (secondary N) is 2. The zero-order valence-electron chi connectivity index (χ0n) is 16.2. The summed E-state index contributed by atoms with van der Waals surface area (Å²) in [6.07, 6.45) is 1.86. The van der Waals surface area contributed by atoms with E-state index in [-0.39, 0.29) is 11.5 Å². The number of amides is 1. The van der Waals surface area contributed by atoms with Crippen LogP contribution in [0.15, 0.2) is 65.0 Å². The van der Waals surface area contributed by atoms with E-state index >= 15 is 0 Å². The van der Waals surface area contributed by atoms with E-state index in [4.69, 9.17) is 23.2 Å². The molecule has 0 fully saturated rings. The SMILES string of the molecule is CC1=C(C(=O)Nc2ccccc2F)[C@@H](c2ccc(Cl)cc2Cl)C2=C(CCCC2=O)N1. The third kappa shape index (κ3) is 3.75. The van der Waals surface area contributed by atoms with E-state index in [1.807, 2.05) is 0 Å². The highest BCUT2D eigenvalue weighted by molar-refractivity contribution is 6.35. The Bertz CT molecular complexity index is 1120. The van der Waals surface area contributed by atoms with Crippen LogP contribution in [0.25, 0.3) is 0 Å². The molecule has 2 aromatic carbocycles. The third-order valence-corrected chi connectivity index (χ3v) is 5.98. The molecule has 154 valence electrons. The Labute approximate surface area is 183 Å². The van der Waals surface area contributed by atoms with Crippen LogP contribution in [0, 0.1) is 5.82 Å². The molecule has 0 spiro atoms. The topological polar surface area (TPSA) is 58.2 Å². The van der Waals surface area contributed by atoms with E-state index in [1.165, 1.54) is 12.1 Å². The number of halogens is 3. The lowest BCUT2D eigenvalue weighted by Crippen LogP contribution is -2.35. The van der Waals surface area contributed by atoms with Crippen LogP contribution in [0.2, 0.25) is 10.0 Å². The summed E-state index contributed by atoms with van der Waals surface area (Å²) in [7, 11) is 0. The van der Waals surface area contributed by atoms with Gasteiger partial charge in [-0.15, -0.1) is 0 Å². The fourth-order valence-electron chi connectivity index (χ4n) is 4.08. The van der Waals surface area contributed by atoms with Crippen molar-refractivity contribution in [2.75, 3.05) is 5.32 Å². The second kappa shape index (κ2) is 8.25. The Kier molecular flexibility index (Phi) is 5.67. The summed E-state index contributed by atoms with van der Waals surface area (Å²) in [5.74, 6) is -1.72. The maximum absolute atomic E-state index is 14.1. The second-order valence-electron chi connectivity index (χ2n) is 7.37. The molecule has 0 saturated heterocycles. The van der Waals surface area contributed by atoms with Crippen LogP contribution < -0.4 is 10.6 Å². The molecule has 1 atom stereocenters. The minimum Gasteiger partial charge on any atom is -0.362 e. The first kappa shape index (κ1) is 20.6. The Morgan fingerprint density at radius 2 is 1.93 bits per heavy atom. The van der Waals surface area contributed by atoms with Gasteiger partial charge in [0.25, 0.3) is 5.91 Å². The van der Waals surface area contributed by atoms with Crippen LogP contribution in [0.3, 0.4) is 0 Å². The van der Waals surface area contributed by atoms with Crippen molar-refractivity contribution >= 4 is 40.6 Å². The Morgan fingerprint density at radius 1 is 1.17 bits per heavy atom. The first-order valence-electron chi connectivity index (χ1n) is 9.61. The maximum Gasteiger partial charge on any atom is 0.254 e. The summed E-state index contributed by atoms with van der Waals surface area (Å²) in [4.78, 5) is 26.2. The Balaban J connectivity index is 1.83. The van der Waals surface area contributed by atoms with Gasteiger partial charge < -0.3 is 10.6 Å². The van der Waals surface area contributed by atoms with E-state index in [9.17, 15) is 14.0 Å². The summed E-state index contributed by atoms with van der Waals surface area (Å²) in [5, 5.41) is 6.68. The van der Waals surface area contributed by atoms with Crippen molar-refractivity contribution in [3.8, 4) is 0 Å². The van der Waals surface area contributed by atoms with Crippen molar-refractivity contribution in [1.82, 2.24) is 5.32 Å². The Morgan fingerprint density at radius 3 is 2.67 bits per heavy atom. The zero-order chi connectivity index (χ0) is 21.4. The van der Waals surface area contributed by atoms with Gasteiger partial charge in [0.1, 0.15) is 5.82 Å². The van der Waals surface area contributed by atoms with E-state index in [0.29, 0.717) is 45.3 Å². The number of rotatable bonds is 3. The number of carbonyl (C=O) groups excluding carboxylic acids is 2. The second-order valence-corrected chi connectivity index (χ2v) is 8.21. The van der Waals surface area contributed by atoms with E-state index in [1.54, 1.807) is 37.3 Å². The minimum absolute atomic E-state index is 0.0246. The molecule has 1 aliphatic carbocycles. The molecule has 0 radical (unpaired) electrons. The van der Waals surface area contributed by atoms with Crippen LogP contribution in [0.1, 0.15) is 37.7 Å². The molecule has 2 aromatic rings. The minimum atomic E-state index is -0.661. The molecular weight excluding hydrogens is 426 g/mol. The molecule has 2 aliphatic rings. The van der Waals surface area contributed by atoms with Crippen LogP contribution >= 0.6 is 23.2 Å². The summed E-state index contributed by atoms with van der Waals surface area (Å²) in [6, 6.07) is 10.9. The number of para-hydroxylation sites is 1. The van der Waals surface area contributed by atoms with Crippen LogP contribution in [-0.2, 0) is 9.59 Å². The summed E-state index contributed by atoms with van der Waals surface area (Å²) < 4.78 is 14.1. The van der Waals surface area contributed by atoms with Gasteiger partial charge in [-0.05, 0) is 49.6 Å². The van der Waals surface area contributed by atoms with Crippen molar-refractivity contribution in [3.63, 3.8) is 0 Å². The molecule has 1 aliphatic heterocycles. The summed E-state index contributed by atoms with van der Waals surface area (Å²) >= 11 is 12.6. The number of benzene rings is 2. The molecule has 2 N–H and O–H groups in total. The molecule has 7 heteroatoms. The van der Waals surface area contributed by atoms with Gasteiger partial charge in [-0.1, -0.05) is 41.4 Å². The summed E-state index contributed by atoms with van der Waals surface area (Å²) in [5.41, 5.74) is 2.96. The molecule has 0 saturated carbocycles. The first-order valence-corrected chi connectivity index (χ1v) is 10.4. The average molecular weight is 445 g/mol. The molecule has 4 rings (SSSR count). The van der Waals surface area contributed by atoms with Gasteiger partial charge in [-0.25, -0.2) is 4.39 Å². The van der Waals surface area contributed by atoms with Crippen molar-refractivity contribution < 1.29 is 14.0 Å². The van der Waals surface area contributed by atoms with E-state index < -0.39 is 17.6 Å². The number of ketones is 1. The van der Waals surface area contributed by atoms with Gasteiger partial charge in [-0.2, -0.15) is 0 Å². The van der Waals surface area contributed by atoms with Gasteiger partial charge in [0.15, 0.2) is 5.78 Å². The fourth-order valence-corrected chi connectivity index (χ4v) is 4.60. The number of Topliss-reactive ketones (excluding diaryl/α,β-unsaturated/α-hetero) is 1. The predicted molar refractivity (Wildman–Crippen MR) is 116 cm³/mol. The van der Waals surface area contributed by atoms with Gasteiger partial charge in [0.2, 0.25) is 0 Å². The number of hydrogen-bond acceptors (Lipinski definition) is 3. The Hall–Kier alpha value is -2.63. The highest BCUT2D eigenvalue weighted by Crippen LogP contribution is 2.44. The van der Waals surface area contributed by atoms with Crippen molar-refractivity contribution in [2.24, 2.45) is 0 Å². The number of carbonyl (C=O) groups is 2. The van der Waals surface area contributed by atoms with E-state index in [2.05, 4.69) is 10.6 Å². The van der Waals surface area contributed by atoms with Crippen molar-refractivity contribution in [2.45, 2.75) is 32.1 Å². The van der Waals surface area contributed by atoms with Crippen molar-refractivity contribution in [1.29, 1.82) is 0 Å². The van der Waals surface area contributed by atoms with Gasteiger partial charge in [0, 0.05) is 44.9 Å². The lowest BCUT2D eigenvalue weighted by Gasteiger charge is -2.35. The molecule has 1 amide bonds. The predicted octanol–water partition coefficient (Wildman–Crippen LogP) is 5.74. The number of dihydropyridines is 1. The quantitative estimate of drug-likeness (QED) is 0.634. The zero-order valence-corrected chi connectivity index (χ0v) is 17.7. The van der Waals surface area contributed by atoms with Crippen LogP contribution in [0.5, 0.6) is 0 Å². The van der Waals surface area contributed by atoms with Gasteiger partial charge >= 0.3 is 0 Å². The molecule has 4 nitrogen and oxygen atoms in total. The normalized spacial score (nSPS) is 18.8. The highest BCUT2D eigenvalue weighted by atomic mass is 35.5. The number of hydrogen-bond donors (Lipinski definition) is 2.